The lowest BCUT2D eigenvalue weighted by atomic mass is 9.97. The summed E-state index contributed by atoms with van der Waals surface area (Å²) in [5, 5.41) is 13.1. The van der Waals surface area contributed by atoms with Gasteiger partial charge in [-0.15, -0.1) is 0 Å². The van der Waals surface area contributed by atoms with Gasteiger partial charge in [0.2, 0.25) is 0 Å². The second-order valence-electron chi connectivity index (χ2n) is 3.73. The van der Waals surface area contributed by atoms with E-state index in [1.165, 1.54) is 0 Å². The molecule has 1 heterocycles. The number of nitrogens with zero attached hydrogens (tertiary/aromatic N) is 2. The molecule has 0 aliphatic carbocycles. The van der Waals surface area contributed by atoms with E-state index in [-0.39, 0.29) is 5.92 Å². The molecular formula is C11H18N2O2. The summed E-state index contributed by atoms with van der Waals surface area (Å²) in [4.78, 5) is 10.9. The molecule has 0 saturated carbocycles. The molecule has 0 aliphatic rings. The van der Waals surface area contributed by atoms with Crippen molar-refractivity contribution >= 4 is 5.97 Å². The molecule has 1 N–H and O–H groups in total. The summed E-state index contributed by atoms with van der Waals surface area (Å²) in [6, 6.07) is 0. The van der Waals surface area contributed by atoms with Gasteiger partial charge >= 0.3 is 5.97 Å². The standard InChI is InChI=1S/C11H18N2O2/c1-3-5-10(11(14)15)6-9-7-12-13(4-2)8-9/h7-8,10H,3-6H2,1-2H3,(H,14,15). The fraction of sp³-hybridized carbons (Fsp3) is 0.636. The Morgan fingerprint density at radius 3 is 2.80 bits per heavy atom. The normalized spacial score (nSPS) is 12.7. The number of aliphatic carboxylic acids is 1. The predicted molar refractivity (Wildman–Crippen MR) is 57.6 cm³/mol. The van der Waals surface area contributed by atoms with Crippen molar-refractivity contribution in [3.8, 4) is 0 Å². The van der Waals surface area contributed by atoms with E-state index in [2.05, 4.69) is 5.10 Å². The van der Waals surface area contributed by atoms with Crippen LogP contribution in [0.4, 0.5) is 0 Å². The van der Waals surface area contributed by atoms with E-state index >= 15 is 0 Å². The fourth-order valence-electron chi connectivity index (χ4n) is 1.63. The number of carboxylic acid groups (broad SMARTS) is 1. The van der Waals surface area contributed by atoms with Gasteiger partial charge in [-0.2, -0.15) is 5.10 Å². The van der Waals surface area contributed by atoms with E-state index in [0.717, 1.165) is 24.9 Å². The van der Waals surface area contributed by atoms with Crippen LogP contribution in [-0.4, -0.2) is 20.9 Å². The molecule has 0 aliphatic heterocycles. The highest BCUT2D eigenvalue weighted by atomic mass is 16.4. The zero-order valence-corrected chi connectivity index (χ0v) is 9.31. The quantitative estimate of drug-likeness (QED) is 0.780. The average Bonchev–Trinajstić information content (AvgIpc) is 2.65. The van der Waals surface area contributed by atoms with Gasteiger partial charge < -0.3 is 5.11 Å². The first-order chi connectivity index (χ1) is 7.17. The molecule has 1 rings (SSSR count). The van der Waals surface area contributed by atoms with Crippen LogP contribution in [0.25, 0.3) is 0 Å². The maximum Gasteiger partial charge on any atom is 0.306 e. The van der Waals surface area contributed by atoms with Gasteiger partial charge in [-0.1, -0.05) is 13.3 Å². The van der Waals surface area contributed by atoms with E-state index in [4.69, 9.17) is 5.11 Å². The van der Waals surface area contributed by atoms with Crippen molar-refractivity contribution in [3.05, 3.63) is 18.0 Å². The van der Waals surface area contributed by atoms with Gasteiger partial charge in [0.15, 0.2) is 0 Å². The maximum atomic E-state index is 10.9. The summed E-state index contributed by atoms with van der Waals surface area (Å²) in [6.07, 6.45) is 5.90. The van der Waals surface area contributed by atoms with E-state index in [1.54, 1.807) is 6.20 Å². The van der Waals surface area contributed by atoms with Gasteiger partial charge in [-0.25, -0.2) is 0 Å². The second-order valence-corrected chi connectivity index (χ2v) is 3.73. The summed E-state index contributed by atoms with van der Waals surface area (Å²) in [5.74, 6) is -0.981. The van der Waals surface area contributed by atoms with Crippen molar-refractivity contribution in [2.75, 3.05) is 0 Å². The van der Waals surface area contributed by atoms with E-state index in [0.29, 0.717) is 6.42 Å². The Bertz CT molecular complexity index is 320. The molecule has 0 saturated heterocycles. The number of hydrogen-bond donors (Lipinski definition) is 1. The van der Waals surface area contributed by atoms with Crippen LogP contribution in [-0.2, 0) is 17.8 Å². The highest BCUT2D eigenvalue weighted by Crippen LogP contribution is 2.14. The number of rotatable bonds is 6. The van der Waals surface area contributed by atoms with Gasteiger partial charge in [0.1, 0.15) is 0 Å². The third-order valence-electron chi connectivity index (χ3n) is 2.48. The minimum atomic E-state index is -0.707. The van der Waals surface area contributed by atoms with E-state index in [1.807, 2.05) is 24.7 Å². The Labute approximate surface area is 89.9 Å². The Hall–Kier alpha value is -1.32. The predicted octanol–water partition coefficient (Wildman–Crippen LogP) is 1.95. The maximum absolute atomic E-state index is 10.9. The molecule has 4 heteroatoms. The van der Waals surface area contributed by atoms with Crippen molar-refractivity contribution < 1.29 is 9.90 Å². The van der Waals surface area contributed by atoms with Crippen molar-refractivity contribution in [2.24, 2.45) is 5.92 Å². The number of carboxylic acids is 1. The largest absolute Gasteiger partial charge is 0.481 e. The van der Waals surface area contributed by atoms with Crippen molar-refractivity contribution in [1.29, 1.82) is 0 Å². The summed E-state index contributed by atoms with van der Waals surface area (Å²) in [5.41, 5.74) is 1.01. The van der Waals surface area contributed by atoms with Gasteiger partial charge in [0.25, 0.3) is 0 Å². The summed E-state index contributed by atoms with van der Waals surface area (Å²) >= 11 is 0. The lowest BCUT2D eigenvalue weighted by Gasteiger charge is -2.08. The first-order valence-electron chi connectivity index (χ1n) is 5.41. The van der Waals surface area contributed by atoms with Crippen LogP contribution in [0.1, 0.15) is 32.3 Å². The van der Waals surface area contributed by atoms with Gasteiger partial charge in [0.05, 0.1) is 12.1 Å². The highest BCUT2D eigenvalue weighted by Gasteiger charge is 2.17. The zero-order valence-electron chi connectivity index (χ0n) is 9.31. The number of carbonyl (C=O) groups is 1. The topological polar surface area (TPSA) is 55.1 Å². The zero-order chi connectivity index (χ0) is 11.3. The van der Waals surface area contributed by atoms with Gasteiger partial charge in [-0.3, -0.25) is 9.48 Å². The number of aromatic nitrogens is 2. The number of hydrogen-bond acceptors (Lipinski definition) is 2. The van der Waals surface area contributed by atoms with Crippen molar-refractivity contribution in [3.63, 3.8) is 0 Å². The average molecular weight is 210 g/mol. The summed E-state index contributed by atoms with van der Waals surface area (Å²) in [7, 11) is 0. The van der Waals surface area contributed by atoms with Crippen LogP contribution in [0.2, 0.25) is 0 Å². The lowest BCUT2D eigenvalue weighted by molar-refractivity contribution is -0.141. The Balaban J connectivity index is 2.61. The smallest absolute Gasteiger partial charge is 0.306 e. The third kappa shape index (κ3) is 3.38. The van der Waals surface area contributed by atoms with Crippen molar-refractivity contribution in [1.82, 2.24) is 9.78 Å². The minimum Gasteiger partial charge on any atom is -0.481 e. The van der Waals surface area contributed by atoms with Crippen LogP contribution in [0.5, 0.6) is 0 Å². The molecule has 15 heavy (non-hydrogen) atoms. The molecule has 1 aromatic heterocycles. The van der Waals surface area contributed by atoms with E-state index in [9.17, 15) is 4.79 Å². The number of aryl methyl sites for hydroxylation is 1. The fourth-order valence-corrected chi connectivity index (χ4v) is 1.63. The Morgan fingerprint density at radius 2 is 2.33 bits per heavy atom. The molecule has 0 aromatic carbocycles. The Morgan fingerprint density at radius 1 is 1.60 bits per heavy atom. The van der Waals surface area contributed by atoms with E-state index < -0.39 is 5.97 Å². The van der Waals surface area contributed by atoms with Gasteiger partial charge in [0, 0.05) is 12.7 Å². The first kappa shape index (κ1) is 11.8. The van der Waals surface area contributed by atoms with Crippen molar-refractivity contribution in [2.45, 2.75) is 39.7 Å². The molecule has 0 radical (unpaired) electrons. The van der Waals surface area contributed by atoms with Crippen LogP contribution < -0.4 is 0 Å². The molecule has 1 atom stereocenters. The molecule has 0 spiro atoms. The molecule has 0 fully saturated rings. The molecule has 4 nitrogen and oxygen atoms in total. The third-order valence-corrected chi connectivity index (χ3v) is 2.48. The van der Waals surface area contributed by atoms with Gasteiger partial charge in [-0.05, 0) is 25.3 Å². The Kier molecular flexibility index (Phi) is 4.34. The minimum absolute atomic E-state index is 0.274. The monoisotopic (exact) mass is 210 g/mol. The lowest BCUT2D eigenvalue weighted by Crippen LogP contribution is -2.15. The SMILES string of the molecule is CCCC(Cc1cnn(CC)c1)C(=O)O. The summed E-state index contributed by atoms with van der Waals surface area (Å²) < 4.78 is 1.82. The summed E-state index contributed by atoms with van der Waals surface area (Å²) in [6.45, 7) is 4.84. The van der Waals surface area contributed by atoms with Crippen LogP contribution >= 0.6 is 0 Å². The molecule has 0 amide bonds. The van der Waals surface area contributed by atoms with Crippen LogP contribution in [0, 0.1) is 5.92 Å². The molecular weight excluding hydrogens is 192 g/mol. The molecule has 1 aromatic rings. The molecule has 1 unspecified atom stereocenters. The molecule has 0 bridgehead atoms. The highest BCUT2D eigenvalue weighted by molar-refractivity contribution is 5.70. The first-order valence-corrected chi connectivity index (χ1v) is 5.41. The van der Waals surface area contributed by atoms with Crippen LogP contribution in [0.3, 0.4) is 0 Å². The molecule has 84 valence electrons. The van der Waals surface area contributed by atoms with Crippen LogP contribution in [0.15, 0.2) is 12.4 Å². The second kappa shape index (κ2) is 5.53.